The summed E-state index contributed by atoms with van der Waals surface area (Å²) in [5.41, 5.74) is 0.248. The van der Waals surface area contributed by atoms with Gasteiger partial charge >= 0.3 is 6.18 Å². The Morgan fingerprint density at radius 3 is 2.58 bits per heavy atom. The molecule has 1 aliphatic carbocycles. The first-order valence-electron chi connectivity index (χ1n) is 11.2. The van der Waals surface area contributed by atoms with E-state index < -0.39 is 45.3 Å². The molecular weight excluding hydrogens is 465 g/mol. The van der Waals surface area contributed by atoms with Gasteiger partial charge in [0, 0.05) is 24.5 Å². The molecule has 0 bridgehead atoms. The third-order valence-electron chi connectivity index (χ3n) is 6.48. The number of carbonyl (C=O) groups is 1. The highest BCUT2D eigenvalue weighted by Gasteiger charge is 2.44. The average Bonchev–Trinajstić information content (AvgIpc) is 3.15. The van der Waals surface area contributed by atoms with E-state index in [1.54, 1.807) is 6.07 Å². The SMILES string of the molecule is CC(C)(C(=O)Nc1cc(C2(COC3CCCCO3)CCC2)no1)S(=O)(=O)CCCC(F)(F)F. The van der Waals surface area contributed by atoms with Crippen molar-refractivity contribution < 1.29 is 40.4 Å². The third kappa shape index (κ3) is 6.27. The van der Waals surface area contributed by atoms with Gasteiger partial charge in [0.2, 0.25) is 11.8 Å². The van der Waals surface area contributed by atoms with Crippen LogP contribution in [0.15, 0.2) is 10.6 Å². The molecule has 1 atom stereocenters. The van der Waals surface area contributed by atoms with Crippen molar-refractivity contribution in [3.8, 4) is 0 Å². The molecule has 1 N–H and O–H groups in total. The summed E-state index contributed by atoms with van der Waals surface area (Å²) in [5, 5.41) is 6.47. The maximum Gasteiger partial charge on any atom is 0.389 e. The summed E-state index contributed by atoms with van der Waals surface area (Å²) in [6.07, 6.45) is -0.980. The summed E-state index contributed by atoms with van der Waals surface area (Å²) in [5.74, 6) is -1.67. The van der Waals surface area contributed by atoms with Crippen molar-refractivity contribution in [2.24, 2.45) is 0 Å². The maximum atomic E-state index is 12.7. The summed E-state index contributed by atoms with van der Waals surface area (Å²) in [6, 6.07) is 1.55. The van der Waals surface area contributed by atoms with Crippen molar-refractivity contribution in [3.63, 3.8) is 0 Å². The fourth-order valence-electron chi connectivity index (χ4n) is 3.88. The second-order valence-corrected chi connectivity index (χ2v) is 12.0. The summed E-state index contributed by atoms with van der Waals surface area (Å²) in [7, 11) is -4.15. The first kappa shape index (κ1) is 26.0. The van der Waals surface area contributed by atoms with Crippen LogP contribution in [0.25, 0.3) is 0 Å². The molecule has 2 aliphatic rings. The van der Waals surface area contributed by atoms with Crippen molar-refractivity contribution in [1.29, 1.82) is 0 Å². The first-order valence-corrected chi connectivity index (χ1v) is 12.8. The van der Waals surface area contributed by atoms with Gasteiger partial charge in [-0.15, -0.1) is 0 Å². The molecule has 33 heavy (non-hydrogen) atoms. The van der Waals surface area contributed by atoms with E-state index in [0.717, 1.165) is 52.4 Å². The largest absolute Gasteiger partial charge is 0.389 e. The molecule has 1 aromatic rings. The van der Waals surface area contributed by atoms with Crippen LogP contribution in [0, 0.1) is 0 Å². The minimum Gasteiger partial charge on any atom is -0.353 e. The molecule has 1 saturated heterocycles. The molecule has 8 nitrogen and oxygen atoms in total. The van der Waals surface area contributed by atoms with Crippen molar-refractivity contribution in [1.82, 2.24) is 5.16 Å². The third-order valence-corrected chi connectivity index (χ3v) is 9.05. The molecule has 12 heteroatoms. The number of halogens is 3. The molecule has 188 valence electrons. The molecule has 1 unspecified atom stereocenters. The van der Waals surface area contributed by atoms with E-state index in [1.807, 2.05) is 0 Å². The Morgan fingerprint density at radius 2 is 2.00 bits per heavy atom. The zero-order valence-corrected chi connectivity index (χ0v) is 19.7. The number of amides is 1. The average molecular weight is 497 g/mol. The van der Waals surface area contributed by atoms with Crippen LogP contribution >= 0.6 is 0 Å². The number of nitrogens with zero attached hydrogens (tertiary/aromatic N) is 1. The normalized spacial score (nSPS) is 21.4. The highest BCUT2D eigenvalue weighted by atomic mass is 32.2. The molecule has 2 fully saturated rings. The number of sulfone groups is 1. The van der Waals surface area contributed by atoms with Crippen molar-refractivity contribution in [2.75, 3.05) is 24.3 Å². The number of nitrogens with one attached hydrogen (secondary N) is 1. The Balaban J connectivity index is 1.60. The van der Waals surface area contributed by atoms with Crippen LogP contribution in [0.2, 0.25) is 0 Å². The van der Waals surface area contributed by atoms with E-state index in [9.17, 15) is 26.4 Å². The molecule has 1 saturated carbocycles. The van der Waals surface area contributed by atoms with Gasteiger partial charge in [-0.05, 0) is 52.4 Å². The van der Waals surface area contributed by atoms with Crippen molar-refractivity contribution in [2.45, 2.75) is 87.8 Å². The van der Waals surface area contributed by atoms with E-state index in [-0.39, 0.29) is 17.6 Å². The molecule has 0 radical (unpaired) electrons. The fourth-order valence-corrected chi connectivity index (χ4v) is 5.25. The molecule has 0 spiro atoms. The van der Waals surface area contributed by atoms with Crippen LogP contribution in [0.1, 0.15) is 70.9 Å². The number of hydrogen-bond acceptors (Lipinski definition) is 7. The smallest absolute Gasteiger partial charge is 0.353 e. The van der Waals surface area contributed by atoms with Gasteiger partial charge in [-0.25, -0.2) is 8.42 Å². The first-order chi connectivity index (χ1) is 15.3. The van der Waals surface area contributed by atoms with Crippen LogP contribution in [-0.2, 0) is 29.5 Å². The minimum atomic E-state index is -4.46. The van der Waals surface area contributed by atoms with Gasteiger partial charge in [-0.1, -0.05) is 11.6 Å². The highest BCUT2D eigenvalue weighted by Crippen LogP contribution is 2.44. The van der Waals surface area contributed by atoms with Crippen LogP contribution < -0.4 is 5.32 Å². The van der Waals surface area contributed by atoms with Crippen molar-refractivity contribution >= 4 is 21.6 Å². The zero-order chi connectivity index (χ0) is 24.3. The number of anilines is 1. The Morgan fingerprint density at radius 1 is 1.27 bits per heavy atom. The number of rotatable bonds is 10. The summed E-state index contributed by atoms with van der Waals surface area (Å²) >= 11 is 0. The lowest BCUT2D eigenvalue weighted by atomic mass is 9.67. The molecule has 2 heterocycles. The van der Waals surface area contributed by atoms with Crippen LogP contribution in [0.4, 0.5) is 19.1 Å². The lowest BCUT2D eigenvalue weighted by Gasteiger charge is -2.40. The monoisotopic (exact) mass is 496 g/mol. The van der Waals surface area contributed by atoms with Gasteiger partial charge in [0.05, 0.1) is 18.1 Å². The van der Waals surface area contributed by atoms with E-state index in [0.29, 0.717) is 18.9 Å². The molecule has 1 aliphatic heterocycles. The molecule has 1 aromatic heterocycles. The fraction of sp³-hybridized carbons (Fsp3) is 0.810. The van der Waals surface area contributed by atoms with E-state index in [1.165, 1.54) is 0 Å². The predicted molar refractivity (Wildman–Crippen MR) is 113 cm³/mol. The number of ether oxygens (including phenoxy) is 2. The number of aromatic nitrogens is 1. The zero-order valence-electron chi connectivity index (χ0n) is 18.9. The van der Waals surface area contributed by atoms with Crippen LogP contribution in [0.3, 0.4) is 0 Å². The van der Waals surface area contributed by atoms with E-state index in [4.69, 9.17) is 14.0 Å². The summed E-state index contributed by atoms with van der Waals surface area (Å²) in [6.45, 7) is 3.39. The number of alkyl halides is 3. The Bertz CT molecular complexity index is 919. The topological polar surface area (TPSA) is 108 Å². The van der Waals surface area contributed by atoms with Crippen LogP contribution in [0.5, 0.6) is 0 Å². The Hall–Kier alpha value is -1.66. The second-order valence-electron chi connectivity index (χ2n) is 9.32. The van der Waals surface area contributed by atoms with Gasteiger partial charge in [-0.2, -0.15) is 13.2 Å². The second kappa shape index (κ2) is 9.91. The van der Waals surface area contributed by atoms with Gasteiger partial charge in [0.1, 0.15) is 4.75 Å². The van der Waals surface area contributed by atoms with Crippen molar-refractivity contribution in [3.05, 3.63) is 11.8 Å². The van der Waals surface area contributed by atoms with Gasteiger partial charge < -0.3 is 14.0 Å². The van der Waals surface area contributed by atoms with Crippen LogP contribution in [-0.4, -0.2) is 55.7 Å². The molecule has 0 aromatic carbocycles. The summed E-state index contributed by atoms with van der Waals surface area (Å²) < 4.78 is 77.0. The van der Waals surface area contributed by atoms with Gasteiger partial charge in [0.25, 0.3) is 0 Å². The lowest BCUT2D eigenvalue weighted by Crippen LogP contribution is -2.45. The van der Waals surface area contributed by atoms with E-state index >= 15 is 0 Å². The van der Waals surface area contributed by atoms with E-state index in [2.05, 4.69) is 10.5 Å². The van der Waals surface area contributed by atoms with Gasteiger partial charge in [0.15, 0.2) is 16.1 Å². The molecular formula is C21H31F3N2O6S. The van der Waals surface area contributed by atoms with Gasteiger partial charge in [-0.3, -0.25) is 10.1 Å². The quantitative estimate of drug-likeness (QED) is 0.519. The maximum absolute atomic E-state index is 12.7. The number of carbonyl (C=O) groups excluding carboxylic acids is 1. The number of hydrogen-bond donors (Lipinski definition) is 1. The summed E-state index contributed by atoms with van der Waals surface area (Å²) in [4.78, 5) is 12.7. The molecule has 3 rings (SSSR count). The lowest BCUT2D eigenvalue weighted by molar-refractivity contribution is -0.177. The predicted octanol–water partition coefficient (Wildman–Crippen LogP) is 4.11. The Kier molecular flexibility index (Phi) is 7.79. The highest BCUT2D eigenvalue weighted by molar-refractivity contribution is 7.93. The standard InChI is InChI=1S/C21H31F3N2O6S/c1-19(2,33(28,29)12-6-10-21(22,23)24)18(27)25-16-13-15(26-32-16)20(8-5-9-20)14-31-17-7-3-4-11-30-17/h13,17H,3-12,14H2,1-2H3,(H,25,27). The molecule has 1 amide bonds. The minimum absolute atomic E-state index is 0.0197. The Labute approximate surface area is 191 Å².